The van der Waals surface area contributed by atoms with E-state index < -0.39 is 58.0 Å². The number of carbonyl (C=O) groups is 3. The molecule has 1 amide bonds. The molecular weight excluding hydrogens is 516 g/mol. The molecule has 2 fully saturated rings. The maximum atomic E-state index is 14.1. The fraction of sp³-hybridized carbons (Fsp3) is 0.552. The standard InChI is InChI=1S/C29H38N4O7/c1-32(2)18-11-14(12-31-15-7-5-6-8-15)23(34)20-16(18)9-13-10-17-22(33(3)4)25(36)21(28(30)39)27(38)29(17,40)26(37)19(13)24(20)35/h11,13,15,17,22,31,34-35,38,40H,5-10,12H2,1-4H3,(H2,30,39)/t13?,17-,22?,29-/m0/s1. The molecule has 0 aliphatic heterocycles. The van der Waals surface area contributed by atoms with Crippen LogP contribution in [0.3, 0.4) is 0 Å². The quantitative estimate of drug-likeness (QED) is 0.279. The Kier molecular flexibility index (Phi) is 6.96. The predicted molar refractivity (Wildman–Crippen MR) is 148 cm³/mol. The summed E-state index contributed by atoms with van der Waals surface area (Å²) in [5.41, 5.74) is 3.89. The maximum Gasteiger partial charge on any atom is 0.255 e. The van der Waals surface area contributed by atoms with Crippen LogP contribution < -0.4 is 16.0 Å². The summed E-state index contributed by atoms with van der Waals surface area (Å²) >= 11 is 0. The lowest BCUT2D eigenvalue weighted by Gasteiger charge is -2.50. The van der Waals surface area contributed by atoms with Crippen molar-refractivity contribution in [2.45, 2.75) is 62.8 Å². The van der Waals surface area contributed by atoms with Gasteiger partial charge >= 0.3 is 0 Å². The lowest BCUT2D eigenvalue weighted by molar-refractivity contribution is -0.153. The van der Waals surface area contributed by atoms with Gasteiger partial charge in [0.05, 0.1) is 11.6 Å². The highest BCUT2D eigenvalue weighted by atomic mass is 16.3. The van der Waals surface area contributed by atoms with Gasteiger partial charge in [0.25, 0.3) is 5.91 Å². The van der Waals surface area contributed by atoms with Crippen LogP contribution in [0.4, 0.5) is 5.69 Å². The van der Waals surface area contributed by atoms with Crippen molar-refractivity contribution in [1.82, 2.24) is 10.2 Å². The van der Waals surface area contributed by atoms with Crippen LogP contribution in [0.5, 0.6) is 5.75 Å². The molecule has 0 radical (unpaired) electrons. The molecule has 1 aromatic carbocycles. The summed E-state index contributed by atoms with van der Waals surface area (Å²) in [5, 5.41) is 49.2. The van der Waals surface area contributed by atoms with Crippen molar-refractivity contribution in [3.8, 4) is 5.75 Å². The van der Waals surface area contributed by atoms with Crippen LogP contribution in [-0.4, -0.2) is 88.7 Å². The minimum atomic E-state index is -2.65. The van der Waals surface area contributed by atoms with Gasteiger partial charge in [-0.3, -0.25) is 19.3 Å². The SMILES string of the molecule is CN(C)c1cc(CNC2CCCC2)c(O)c2c1CC1C[C@H]3C(N(C)C)C(=O)C(C(N)=O)=C(O)[C@@]3(O)C(=O)C1=C2O. The largest absolute Gasteiger partial charge is 0.508 e. The highest BCUT2D eigenvalue weighted by Gasteiger charge is 2.64. The fourth-order valence-corrected chi connectivity index (χ4v) is 7.26. The zero-order valence-corrected chi connectivity index (χ0v) is 23.3. The maximum absolute atomic E-state index is 14.1. The number of phenols is 1. The molecule has 0 saturated heterocycles. The van der Waals surface area contributed by atoms with Crippen molar-refractivity contribution >= 4 is 28.9 Å². The van der Waals surface area contributed by atoms with Crippen LogP contribution in [0, 0.1) is 11.8 Å². The number of aliphatic hydroxyl groups excluding tert-OH is 2. The number of ketones is 2. The van der Waals surface area contributed by atoms with E-state index in [2.05, 4.69) is 5.32 Å². The first-order valence-corrected chi connectivity index (χ1v) is 13.7. The Morgan fingerprint density at radius 2 is 1.77 bits per heavy atom. The smallest absolute Gasteiger partial charge is 0.255 e. The van der Waals surface area contributed by atoms with Crippen LogP contribution >= 0.6 is 0 Å². The summed E-state index contributed by atoms with van der Waals surface area (Å²) in [6.07, 6.45) is 4.72. The van der Waals surface area contributed by atoms with E-state index in [1.807, 2.05) is 25.1 Å². The first kappa shape index (κ1) is 28.1. The van der Waals surface area contributed by atoms with Crippen LogP contribution in [0.15, 0.2) is 23.0 Å². The van der Waals surface area contributed by atoms with Crippen molar-refractivity contribution in [1.29, 1.82) is 0 Å². The number of primary amides is 1. The van der Waals surface area contributed by atoms with E-state index in [9.17, 15) is 34.8 Å². The van der Waals surface area contributed by atoms with Crippen molar-refractivity contribution in [2.75, 3.05) is 33.1 Å². The number of rotatable bonds is 6. The summed E-state index contributed by atoms with van der Waals surface area (Å²) in [5.74, 6) is -6.45. The highest BCUT2D eigenvalue weighted by molar-refractivity contribution is 6.24. The summed E-state index contributed by atoms with van der Waals surface area (Å²) in [4.78, 5) is 42.8. The average molecular weight is 555 g/mol. The molecule has 11 heteroatoms. The van der Waals surface area contributed by atoms with E-state index in [1.165, 1.54) is 4.90 Å². The van der Waals surface area contributed by atoms with Gasteiger partial charge in [0.2, 0.25) is 5.78 Å². The molecule has 0 bridgehead atoms. The number of nitrogens with two attached hydrogens (primary N) is 1. The van der Waals surface area contributed by atoms with Crippen molar-refractivity contribution in [2.24, 2.45) is 17.6 Å². The summed E-state index contributed by atoms with van der Waals surface area (Å²) in [7, 11) is 6.88. The Morgan fingerprint density at radius 3 is 2.35 bits per heavy atom. The van der Waals surface area contributed by atoms with Gasteiger partial charge in [-0.05, 0) is 57.3 Å². The molecule has 2 saturated carbocycles. The highest BCUT2D eigenvalue weighted by Crippen LogP contribution is 2.54. The van der Waals surface area contributed by atoms with E-state index >= 15 is 0 Å². The number of Topliss-reactive ketones (excluding diaryl/α,β-unsaturated/α-hetero) is 2. The van der Waals surface area contributed by atoms with Crippen LogP contribution in [-0.2, 0) is 27.3 Å². The normalized spacial score (nSPS) is 28.6. The predicted octanol–water partition coefficient (Wildman–Crippen LogP) is 1.06. The van der Waals surface area contributed by atoms with E-state index in [0.29, 0.717) is 23.7 Å². The Balaban J connectivity index is 1.67. The molecule has 4 atom stereocenters. The molecule has 4 aliphatic rings. The third-order valence-electron chi connectivity index (χ3n) is 9.19. The zero-order valence-electron chi connectivity index (χ0n) is 23.3. The number of carbonyl (C=O) groups excluding carboxylic acids is 3. The number of hydrogen-bond acceptors (Lipinski definition) is 10. The minimum absolute atomic E-state index is 0.0599. The number of nitrogens with one attached hydrogen (secondary N) is 1. The third kappa shape index (κ3) is 4.02. The molecule has 4 aliphatic carbocycles. The third-order valence-corrected chi connectivity index (χ3v) is 9.19. The second-order valence-electron chi connectivity index (χ2n) is 12.0. The number of nitrogens with zero attached hydrogens (tertiary/aromatic N) is 2. The number of likely N-dealkylation sites (N-methyl/N-ethyl adjacent to an activating group) is 1. The number of phenolic OH excluding ortho intramolecular Hbond substituents is 1. The molecule has 2 unspecified atom stereocenters. The Hall–Kier alpha value is -3.41. The van der Waals surface area contributed by atoms with E-state index in [-0.39, 0.29) is 29.7 Å². The number of aromatic hydroxyl groups is 1. The molecule has 0 spiro atoms. The van der Waals surface area contributed by atoms with Crippen molar-refractivity contribution in [3.05, 3.63) is 39.7 Å². The molecule has 1 aromatic rings. The topological polar surface area (TPSA) is 177 Å². The first-order chi connectivity index (χ1) is 18.8. The van der Waals surface area contributed by atoms with E-state index in [4.69, 9.17) is 5.73 Å². The number of hydrogen-bond donors (Lipinski definition) is 6. The number of benzene rings is 1. The molecular formula is C29H38N4O7. The molecule has 0 aromatic heterocycles. The number of amides is 1. The average Bonchev–Trinajstić information content (AvgIpc) is 3.39. The van der Waals surface area contributed by atoms with Gasteiger partial charge in [0.15, 0.2) is 11.4 Å². The molecule has 0 heterocycles. The summed E-state index contributed by atoms with van der Waals surface area (Å²) in [6.45, 7) is 0.370. The lowest BCUT2D eigenvalue weighted by Crippen LogP contribution is -2.65. The van der Waals surface area contributed by atoms with Crippen LogP contribution in [0.1, 0.15) is 48.8 Å². The molecule has 7 N–H and O–H groups in total. The fourth-order valence-electron chi connectivity index (χ4n) is 7.26. The lowest BCUT2D eigenvalue weighted by atomic mass is 9.57. The molecule has 40 heavy (non-hydrogen) atoms. The van der Waals surface area contributed by atoms with Gasteiger partial charge in [0.1, 0.15) is 22.8 Å². The van der Waals surface area contributed by atoms with Crippen LogP contribution in [0.25, 0.3) is 5.76 Å². The Morgan fingerprint density at radius 1 is 1.12 bits per heavy atom. The van der Waals surface area contributed by atoms with Crippen molar-refractivity contribution < 1.29 is 34.8 Å². The first-order valence-electron chi connectivity index (χ1n) is 13.7. The Labute approximate surface area is 232 Å². The number of anilines is 1. The second-order valence-corrected chi connectivity index (χ2v) is 12.0. The van der Waals surface area contributed by atoms with Gasteiger partial charge in [-0.15, -0.1) is 0 Å². The van der Waals surface area contributed by atoms with Gasteiger partial charge in [0, 0.05) is 49.4 Å². The summed E-state index contributed by atoms with van der Waals surface area (Å²) < 4.78 is 0. The van der Waals surface area contributed by atoms with E-state index in [0.717, 1.165) is 31.4 Å². The van der Waals surface area contributed by atoms with Gasteiger partial charge in [-0.25, -0.2) is 0 Å². The van der Waals surface area contributed by atoms with Gasteiger partial charge in [-0.2, -0.15) is 0 Å². The van der Waals surface area contributed by atoms with Gasteiger partial charge in [-0.1, -0.05) is 12.8 Å². The summed E-state index contributed by atoms with van der Waals surface area (Å²) in [6, 6.07) is 1.12. The zero-order chi connectivity index (χ0) is 29.3. The molecule has 216 valence electrons. The molecule has 11 nitrogen and oxygen atoms in total. The second kappa shape index (κ2) is 9.90. The monoisotopic (exact) mass is 554 g/mol. The number of aliphatic hydroxyl groups is 3. The van der Waals surface area contributed by atoms with E-state index in [1.54, 1.807) is 14.1 Å². The number of fused-ring (bicyclic) bond motifs is 3. The Bertz CT molecular complexity index is 1360. The van der Waals surface area contributed by atoms with Crippen LogP contribution in [0.2, 0.25) is 0 Å². The molecule has 5 rings (SSSR count). The van der Waals surface area contributed by atoms with Crippen molar-refractivity contribution in [3.63, 3.8) is 0 Å². The van der Waals surface area contributed by atoms with Gasteiger partial charge < -0.3 is 36.4 Å². The minimum Gasteiger partial charge on any atom is -0.508 e.